The highest BCUT2D eigenvalue weighted by Crippen LogP contribution is 2.24. The predicted octanol–water partition coefficient (Wildman–Crippen LogP) is 1.59. The smallest absolute Gasteiger partial charge is 0.141 e. The largest absolute Gasteiger partial charge is 0.392 e. The molecule has 1 aromatic heterocycles. The van der Waals surface area contributed by atoms with Crippen LogP contribution in [0.4, 0.5) is 4.39 Å². The van der Waals surface area contributed by atoms with Gasteiger partial charge in [-0.2, -0.15) is 0 Å². The summed E-state index contributed by atoms with van der Waals surface area (Å²) < 4.78 is 12.8. The molecule has 4 unspecified atom stereocenters. The van der Waals surface area contributed by atoms with Crippen molar-refractivity contribution in [2.24, 2.45) is 11.8 Å². The first-order valence-electron chi connectivity index (χ1n) is 7.17. The number of likely N-dealkylation sites (tertiary alicyclic amines) is 1. The molecular weight excluding hydrogens is 259 g/mol. The molecule has 4 atom stereocenters. The van der Waals surface area contributed by atoms with E-state index in [9.17, 15) is 14.6 Å². The van der Waals surface area contributed by atoms with Crippen molar-refractivity contribution < 1.29 is 14.6 Å². The number of rotatable bonds is 4. The van der Waals surface area contributed by atoms with Crippen LogP contribution >= 0.6 is 0 Å². The molecule has 5 heteroatoms. The Bertz CT molecular complexity index is 426. The molecule has 0 aromatic carbocycles. The first kappa shape index (κ1) is 15.4. The lowest BCUT2D eigenvalue weighted by Crippen LogP contribution is -2.45. The molecule has 0 amide bonds. The Kier molecular flexibility index (Phi) is 5.07. The number of pyridine rings is 1. The molecule has 2 heterocycles. The number of piperidine rings is 1. The normalized spacial score (nSPS) is 27.2. The van der Waals surface area contributed by atoms with Crippen molar-refractivity contribution in [2.75, 3.05) is 19.6 Å². The number of aliphatic hydroxyl groups excluding tert-OH is 2. The van der Waals surface area contributed by atoms with Gasteiger partial charge in [-0.25, -0.2) is 4.39 Å². The molecule has 112 valence electrons. The number of nitrogens with zero attached hydrogens (tertiary/aromatic N) is 2. The molecule has 20 heavy (non-hydrogen) atoms. The topological polar surface area (TPSA) is 56.6 Å². The molecular formula is C15H23FN2O2. The molecule has 0 bridgehead atoms. The fourth-order valence-electron chi connectivity index (χ4n) is 2.64. The van der Waals surface area contributed by atoms with Crippen LogP contribution in [0.5, 0.6) is 0 Å². The van der Waals surface area contributed by atoms with E-state index in [2.05, 4.69) is 16.8 Å². The second-order valence-electron chi connectivity index (χ2n) is 5.92. The summed E-state index contributed by atoms with van der Waals surface area (Å²) in [6, 6.07) is 2.83. The van der Waals surface area contributed by atoms with E-state index in [1.165, 1.54) is 12.1 Å². The highest BCUT2D eigenvalue weighted by molar-refractivity contribution is 5.09. The Labute approximate surface area is 119 Å². The number of hydrogen-bond acceptors (Lipinski definition) is 4. The van der Waals surface area contributed by atoms with Crippen molar-refractivity contribution in [3.63, 3.8) is 0 Å². The monoisotopic (exact) mass is 282 g/mol. The van der Waals surface area contributed by atoms with Crippen LogP contribution < -0.4 is 0 Å². The molecule has 1 aromatic rings. The fourth-order valence-corrected chi connectivity index (χ4v) is 2.64. The van der Waals surface area contributed by atoms with Gasteiger partial charge in [-0.05, 0) is 31.0 Å². The van der Waals surface area contributed by atoms with Crippen LogP contribution in [0.25, 0.3) is 0 Å². The molecule has 1 fully saturated rings. The van der Waals surface area contributed by atoms with Crippen molar-refractivity contribution >= 4 is 0 Å². The zero-order valence-electron chi connectivity index (χ0n) is 12.0. The molecule has 1 aliphatic rings. The van der Waals surface area contributed by atoms with Gasteiger partial charge < -0.3 is 15.1 Å². The Morgan fingerprint density at radius 3 is 2.85 bits per heavy atom. The highest BCUT2D eigenvalue weighted by Gasteiger charge is 2.27. The van der Waals surface area contributed by atoms with Crippen LogP contribution in [0, 0.1) is 17.7 Å². The van der Waals surface area contributed by atoms with E-state index in [1.807, 2.05) is 6.92 Å². The Morgan fingerprint density at radius 2 is 2.25 bits per heavy atom. The maximum absolute atomic E-state index is 12.8. The van der Waals surface area contributed by atoms with E-state index in [0.29, 0.717) is 24.7 Å². The molecule has 0 aliphatic carbocycles. The summed E-state index contributed by atoms with van der Waals surface area (Å²) in [4.78, 5) is 6.10. The maximum Gasteiger partial charge on any atom is 0.141 e. The lowest BCUT2D eigenvalue weighted by Gasteiger charge is -2.36. The summed E-state index contributed by atoms with van der Waals surface area (Å²) in [5.74, 6) is -0.0828. The number of aromatic nitrogens is 1. The summed E-state index contributed by atoms with van der Waals surface area (Å²) in [7, 11) is 0. The first-order valence-corrected chi connectivity index (χ1v) is 7.17. The number of β-amino-alcohol motifs (C(OH)–C–C–N with tert-alkyl or cyclic N) is 1. The summed E-state index contributed by atoms with van der Waals surface area (Å²) in [5, 5.41) is 20.1. The van der Waals surface area contributed by atoms with Gasteiger partial charge in [0.15, 0.2) is 0 Å². The second kappa shape index (κ2) is 6.61. The fraction of sp³-hybridized carbons (Fsp3) is 0.667. The minimum atomic E-state index is -0.716. The van der Waals surface area contributed by atoms with Gasteiger partial charge in [0, 0.05) is 19.0 Å². The number of hydrogen-bond donors (Lipinski definition) is 2. The van der Waals surface area contributed by atoms with Gasteiger partial charge in [0.05, 0.1) is 24.1 Å². The third kappa shape index (κ3) is 3.75. The van der Waals surface area contributed by atoms with E-state index < -0.39 is 11.9 Å². The zero-order chi connectivity index (χ0) is 14.7. The van der Waals surface area contributed by atoms with E-state index in [-0.39, 0.29) is 12.0 Å². The van der Waals surface area contributed by atoms with Crippen LogP contribution in [0.15, 0.2) is 18.3 Å². The summed E-state index contributed by atoms with van der Waals surface area (Å²) in [6.45, 7) is 6.29. The highest BCUT2D eigenvalue weighted by atomic mass is 19.1. The quantitative estimate of drug-likeness (QED) is 0.880. The van der Waals surface area contributed by atoms with E-state index >= 15 is 0 Å². The minimum Gasteiger partial charge on any atom is -0.392 e. The van der Waals surface area contributed by atoms with Crippen molar-refractivity contribution in [1.29, 1.82) is 0 Å². The molecule has 4 nitrogen and oxygen atoms in total. The number of aliphatic hydroxyl groups is 2. The van der Waals surface area contributed by atoms with Crippen LogP contribution in [0.2, 0.25) is 0 Å². The standard InChI is InChI=1S/C15H23FN2O2/c1-10-5-6-18(9-14(10)19)8-11(2)15(20)13-4-3-12(16)7-17-13/h3-4,7,10-11,14-15,19-20H,5-6,8-9H2,1-2H3. The summed E-state index contributed by atoms with van der Waals surface area (Å²) in [6.07, 6.45) is 1.08. The third-order valence-electron chi connectivity index (χ3n) is 4.14. The van der Waals surface area contributed by atoms with Gasteiger partial charge in [-0.1, -0.05) is 13.8 Å². The van der Waals surface area contributed by atoms with Crippen molar-refractivity contribution in [2.45, 2.75) is 32.5 Å². The average molecular weight is 282 g/mol. The van der Waals surface area contributed by atoms with Crippen molar-refractivity contribution in [3.05, 3.63) is 29.8 Å². The molecule has 0 spiro atoms. The SMILES string of the molecule is CC1CCN(CC(C)C(O)c2ccc(F)cn2)CC1O. The molecule has 0 radical (unpaired) electrons. The van der Waals surface area contributed by atoms with Crippen LogP contribution in [0.3, 0.4) is 0 Å². The predicted molar refractivity (Wildman–Crippen MR) is 74.5 cm³/mol. The van der Waals surface area contributed by atoms with E-state index in [0.717, 1.165) is 19.2 Å². The lowest BCUT2D eigenvalue weighted by atomic mass is 9.94. The molecule has 1 saturated heterocycles. The Morgan fingerprint density at radius 1 is 1.50 bits per heavy atom. The lowest BCUT2D eigenvalue weighted by molar-refractivity contribution is 0.00891. The van der Waals surface area contributed by atoms with Crippen molar-refractivity contribution in [1.82, 2.24) is 9.88 Å². The maximum atomic E-state index is 12.8. The Balaban J connectivity index is 1.91. The van der Waals surface area contributed by atoms with Gasteiger partial charge in [0.1, 0.15) is 5.82 Å². The average Bonchev–Trinajstić information content (AvgIpc) is 2.43. The van der Waals surface area contributed by atoms with Crippen LogP contribution in [0.1, 0.15) is 32.1 Å². The summed E-state index contributed by atoms with van der Waals surface area (Å²) in [5.41, 5.74) is 0.491. The molecule has 1 aliphatic heterocycles. The summed E-state index contributed by atoms with van der Waals surface area (Å²) >= 11 is 0. The molecule has 2 rings (SSSR count). The van der Waals surface area contributed by atoms with Gasteiger partial charge >= 0.3 is 0 Å². The van der Waals surface area contributed by atoms with Gasteiger partial charge in [0.25, 0.3) is 0 Å². The van der Waals surface area contributed by atoms with E-state index in [1.54, 1.807) is 0 Å². The number of halogens is 1. The van der Waals surface area contributed by atoms with Crippen molar-refractivity contribution in [3.8, 4) is 0 Å². The Hall–Kier alpha value is -1.04. The van der Waals surface area contributed by atoms with Crippen LogP contribution in [-0.4, -0.2) is 45.8 Å². The minimum absolute atomic E-state index is 0.0198. The van der Waals surface area contributed by atoms with Gasteiger partial charge in [-0.3, -0.25) is 4.98 Å². The second-order valence-corrected chi connectivity index (χ2v) is 5.92. The zero-order valence-corrected chi connectivity index (χ0v) is 12.0. The first-order chi connectivity index (χ1) is 9.47. The van der Waals surface area contributed by atoms with Gasteiger partial charge in [-0.15, -0.1) is 0 Å². The van der Waals surface area contributed by atoms with E-state index in [4.69, 9.17) is 0 Å². The third-order valence-corrected chi connectivity index (χ3v) is 4.14. The van der Waals surface area contributed by atoms with Gasteiger partial charge in [0.2, 0.25) is 0 Å². The van der Waals surface area contributed by atoms with Crippen LogP contribution in [-0.2, 0) is 0 Å². The molecule has 2 N–H and O–H groups in total. The molecule has 0 saturated carbocycles.